The maximum atomic E-state index is 2.60. The van der Waals surface area contributed by atoms with Crippen LogP contribution in [-0.2, 0) is 0 Å². The van der Waals surface area contributed by atoms with Crippen molar-refractivity contribution < 1.29 is 0 Å². The van der Waals surface area contributed by atoms with E-state index in [9.17, 15) is 0 Å². The van der Waals surface area contributed by atoms with Crippen LogP contribution in [0.3, 0.4) is 0 Å². The van der Waals surface area contributed by atoms with Gasteiger partial charge in [-0.25, -0.2) is 0 Å². The van der Waals surface area contributed by atoms with E-state index >= 15 is 0 Å². The van der Waals surface area contributed by atoms with Gasteiger partial charge in [0.1, 0.15) is 0 Å². The minimum Gasteiger partial charge on any atom is -0.311 e. The van der Waals surface area contributed by atoms with Gasteiger partial charge in [0.05, 0.1) is 0 Å². The second-order valence-corrected chi connectivity index (χ2v) is 19.8. The Morgan fingerprint density at radius 2 is 0.778 bits per heavy atom. The van der Waals surface area contributed by atoms with Crippen molar-refractivity contribution in [1.82, 2.24) is 0 Å². The van der Waals surface area contributed by atoms with Gasteiger partial charge in [-0.15, -0.1) is 0 Å². The zero-order valence-electron chi connectivity index (χ0n) is 38.3. The predicted octanol–water partition coefficient (Wildman–Crippen LogP) is 15.0. The molecule has 0 N–H and O–H groups in total. The molecule has 0 radical (unpaired) electrons. The monoisotopic (exact) mass is 820 g/mol. The van der Waals surface area contributed by atoms with Gasteiger partial charge in [0.15, 0.2) is 0 Å². The third-order valence-corrected chi connectivity index (χ3v) is 15.4. The SMILES string of the molecule is Cc1cc(C)c(-c2ccc3c(c2)N(c2ccc(C4CCCCC4)cc2)c2cccc4c2B3c2ccc(-c3c(C)cc(C)cc3C)cc2N4c2ccc(C3CCCCC3)cc2)c(C)c1. The molecule has 7 aromatic carbocycles. The van der Waals surface area contributed by atoms with E-state index in [1.807, 2.05) is 0 Å². The standard InChI is InChI=1S/C60H61BN2/c1-38-32-40(3)58(41(4)33-38)48-24-30-52-56(36-48)62(50-26-20-46(21-27-50)44-14-9-7-10-15-44)54-18-13-19-55-60(54)61(52)53-31-25-49(59-42(5)34-39(2)35-43(59)6)37-57(53)63(55)51-28-22-47(23-29-51)45-16-11-8-12-17-45/h13,18-37,44-45H,7-12,14-17H2,1-6H3. The molecule has 0 bridgehead atoms. The van der Waals surface area contributed by atoms with Crippen LogP contribution in [0, 0.1) is 41.5 Å². The molecule has 0 amide bonds. The second kappa shape index (κ2) is 16.1. The highest BCUT2D eigenvalue weighted by molar-refractivity contribution is 7.00. The molecular formula is C60H61BN2. The van der Waals surface area contributed by atoms with E-state index in [-0.39, 0.29) is 6.71 Å². The number of rotatable bonds is 6. The molecule has 2 aliphatic heterocycles. The van der Waals surface area contributed by atoms with E-state index < -0.39 is 0 Å². The lowest BCUT2D eigenvalue weighted by molar-refractivity contribution is 0.443. The van der Waals surface area contributed by atoms with Crippen LogP contribution < -0.4 is 26.2 Å². The maximum absolute atomic E-state index is 2.60. The third kappa shape index (κ3) is 6.94. The highest BCUT2D eigenvalue weighted by Crippen LogP contribution is 2.47. The van der Waals surface area contributed by atoms with Gasteiger partial charge in [-0.2, -0.15) is 0 Å². The third-order valence-electron chi connectivity index (χ3n) is 15.4. The fourth-order valence-electron chi connectivity index (χ4n) is 12.7. The van der Waals surface area contributed by atoms with E-state index in [0.29, 0.717) is 11.8 Å². The van der Waals surface area contributed by atoms with Crippen molar-refractivity contribution in [3.05, 3.63) is 172 Å². The van der Waals surface area contributed by atoms with Crippen LogP contribution >= 0.6 is 0 Å². The smallest absolute Gasteiger partial charge is 0.252 e. The molecular weight excluding hydrogens is 759 g/mol. The lowest BCUT2D eigenvalue weighted by Crippen LogP contribution is -2.61. The van der Waals surface area contributed by atoms with Gasteiger partial charge in [-0.05, 0) is 200 Å². The van der Waals surface area contributed by atoms with E-state index in [0.717, 1.165) is 0 Å². The summed E-state index contributed by atoms with van der Waals surface area (Å²) in [5.74, 6) is 1.34. The number of anilines is 6. The minimum absolute atomic E-state index is 0.0697. The van der Waals surface area contributed by atoms with Crippen LogP contribution in [-0.4, -0.2) is 6.71 Å². The van der Waals surface area contributed by atoms with E-state index in [2.05, 4.69) is 179 Å². The van der Waals surface area contributed by atoms with Crippen molar-refractivity contribution in [2.45, 2.75) is 118 Å². The molecule has 11 rings (SSSR count). The molecule has 7 aromatic rings. The Morgan fingerprint density at radius 1 is 0.397 bits per heavy atom. The van der Waals surface area contributed by atoms with Crippen LogP contribution in [0.4, 0.5) is 34.1 Å². The van der Waals surface area contributed by atoms with Gasteiger partial charge in [-0.3, -0.25) is 0 Å². The highest BCUT2D eigenvalue weighted by Gasteiger charge is 2.43. The summed E-state index contributed by atoms with van der Waals surface area (Å²) in [6.07, 6.45) is 13.3. The van der Waals surface area contributed by atoms with Crippen molar-refractivity contribution in [3.63, 3.8) is 0 Å². The van der Waals surface area contributed by atoms with Crippen molar-refractivity contribution >= 4 is 57.2 Å². The van der Waals surface area contributed by atoms with Crippen LogP contribution in [0.1, 0.15) is 121 Å². The molecule has 4 aliphatic rings. The summed E-state index contributed by atoms with van der Waals surface area (Å²) in [6, 6.07) is 50.7. The summed E-state index contributed by atoms with van der Waals surface area (Å²) in [5, 5.41) is 0. The zero-order chi connectivity index (χ0) is 42.9. The van der Waals surface area contributed by atoms with Crippen molar-refractivity contribution in [2.24, 2.45) is 0 Å². The summed E-state index contributed by atoms with van der Waals surface area (Å²) in [4.78, 5) is 5.20. The van der Waals surface area contributed by atoms with E-state index in [4.69, 9.17) is 0 Å². The van der Waals surface area contributed by atoms with Gasteiger partial charge >= 0.3 is 0 Å². The lowest BCUT2D eigenvalue weighted by atomic mass is 9.33. The number of fused-ring (bicyclic) bond motifs is 4. The molecule has 63 heavy (non-hydrogen) atoms. The largest absolute Gasteiger partial charge is 0.311 e. The molecule has 0 aromatic heterocycles. The summed E-state index contributed by atoms with van der Waals surface area (Å²) in [6.45, 7) is 13.6. The molecule has 2 saturated carbocycles. The molecule has 2 aliphatic carbocycles. The first-order valence-corrected chi connectivity index (χ1v) is 24.1. The molecule has 2 nitrogen and oxygen atoms in total. The number of hydrogen-bond donors (Lipinski definition) is 0. The maximum Gasteiger partial charge on any atom is 0.252 e. The quantitative estimate of drug-likeness (QED) is 0.154. The van der Waals surface area contributed by atoms with Gasteiger partial charge in [0.25, 0.3) is 6.71 Å². The molecule has 2 fully saturated rings. The number of benzene rings is 7. The Balaban J connectivity index is 1.14. The lowest BCUT2D eigenvalue weighted by Gasteiger charge is -2.44. The Labute approximate surface area is 377 Å². The average molecular weight is 821 g/mol. The number of aryl methyl sites for hydroxylation is 6. The first-order valence-electron chi connectivity index (χ1n) is 24.1. The van der Waals surface area contributed by atoms with Gasteiger partial charge in [-0.1, -0.05) is 129 Å². The predicted molar refractivity (Wildman–Crippen MR) is 271 cm³/mol. The average Bonchev–Trinajstić information content (AvgIpc) is 3.29. The fraction of sp³-hybridized carbons (Fsp3) is 0.300. The second-order valence-electron chi connectivity index (χ2n) is 19.8. The van der Waals surface area contributed by atoms with Crippen LogP contribution in [0.25, 0.3) is 22.3 Å². The molecule has 314 valence electrons. The first kappa shape index (κ1) is 40.0. The topological polar surface area (TPSA) is 6.48 Å². The highest BCUT2D eigenvalue weighted by atomic mass is 15.2. The first-order chi connectivity index (χ1) is 30.7. The van der Waals surface area contributed by atoms with Crippen LogP contribution in [0.15, 0.2) is 127 Å². The Kier molecular flexibility index (Phi) is 10.2. The Bertz CT molecular complexity index is 2640. The van der Waals surface area contributed by atoms with Crippen LogP contribution in [0.2, 0.25) is 0 Å². The van der Waals surface area contributed by atoms with Gasteiger partial charge in [0.2, 0.25) is 0 Å². The van der Waals surface area contributed by atoms with Crippen molar-refractivity contribution in [1.29, 1.82) is 0 Å². The van der Waals surface area contributed by atoms with Crippen molar-refractivity contribution in [3.8, 4) is 22.3 Å². The van der Waals surface area contributed by atoms with Gasteiger partial charge in [0, 0.05) is 34.1 Å². The normalized spacial score (nSPS) is 16.2. The molecule has 0 spiro atoms. The van der Waals surface area contributed by atoms with E-state index in [1.54, 1.807) is 0 Å². The summed E-state index contributed by atoms with van der Waals surface area (Å²) < 4.78 is 0. The minimum atomic E-state index is 0.0697. The van der Waals surface area contributed by atoms with Crippen molar-refractivity contribution in [2.75, 3.05) is 9.80 Å². The molecule has 3 heteroatoms. The Morgan fingerprint density at radius 3 is 1.16 bits per heavy atom. The van der Waals surface area contributed by atoms with Gasteiger partial charge < -0.3 is 9.80 Å². The molecule has 0 saturated heterocycles. The van der Waals surface area contributed by atoms with Crippen LogP contribution in [0.5, 0.6) is 0 Å². The zero-order valence-corrected chi connectivity index (χ0v) is 38.3. The molecule has 0 unspecified atom stereocenters. The fourth-order valence-corrected chi connectivity index (χ4v) is 12.7. The summed E-state index contributed by atoms with van der Waals surface area (Å²) in [5.41, 5.74) is 27.9. The summed E-state index contributed by atoms with van der Waals surface area (Å²) >= 11 is 0. The molecule has 2 heterocycles. The molecule has 0 atom stereocenters. The summed E-state index contributed by atoms with van der Waals surface area (Å²) in [7, 11) is 0. The van der Waals surface area contributed by atoms with E-state index in [1.165, 1.54) is 181 Å². The number of nitrogens with zero attached hydrogens (tertiary/aromatic N) is 2. The number of hydrogen-bond acceptors (Lipinski definition) is 2. The Hall–Kier alpha value is -5.80.